The highest BCUT2D eigenvalue weighted by molar-refractivity contribution is 6.01. The molecule has 0 spiro atoms. The Hall–Kier alpha value is -2.55. The minimum atomic E-state index is -0.413. The van der Waals surface area contributed by atoms with E-state index in [4.69, 9.17) is 5.73 Å². The monoisotopic (exact) mass is 236 g/mol. The van der Waals surface area contributed by atoms with Crippen LogP contribution in [0, 0.1) is 0 Å². The zero-order chi connectivity index (χ0) is 12.5. The van der Waals surface area contributed by atoms with Crippen LogP contribution >= 0.6 is 0 Å². The first kappa shape index (κ1) is 10.6. The first-order chi connectivity index (χ1) is 8.75. The summed E-state index contributed by atoms with van der Waals surface area (Å²) in [7, 11) is 0. The number of nitrogens with two attached hydrogens (primary N) is 1. The van der Waals surface area contributed by atoms with E-state index >= 15 is 0 Å². The number of benzene rings is 2. The molecule has 3 rings (SSSR count). The highest BCUT2D eigenvalue weighted by atomic mass is 16.1. The Balaban J connectivity index is 2.20. The second-order valence-electron chi connectivity index (χ2n) is 4.18. The third-order valence-electron chi connectivity index (χ3n) is 3.03. The Labute approximate surface area is 105 Å². The van der Waals surface area contributed by atoms with Crippen LogP contribution in [0.3, 0.4) is 0 Å². The van der Waals surface area contributed by atoms with Crippen molar-refractivity contribution >= 4 is 29.4 Å². The molecule has 18 heavy (non-hydrogen) atoms. The van der Waals surface area contributed by atoms with Crippen LogP contribution in [0.15, 0.2) is 42.5 Å². The summed E-state index contributed by atoms with van der Waals surface area (Å²) in [5.41, 5.74) is 9.76. The Morgan fingerprint density at radius 3 is 2.56 bits per heavy atom. The standard InChI is InChI=1S/C15H12N2O/c16-15(18)12-5-3-7-14-11(12)9-8-10-4-1-2-6-13(10)17-14/h1-9,17H,(H2,16,18). The van der Waals surface area contributed by atoms with Crippen LogP contribution in [0.4, 0.5) is 11.4 Å². The summed E-state index contributed by atoms with van der Waals surface area (Å²) in [5, 5.41) is 3.33. The lowest BCUT2D eigenvalue weighted by atomic mass is 10.0. The summed E-state index contributed by atoms with van der Waals surface area (Å²) in [5.74, 6) is -0.413. The number of primary amides is 1. The molecule has 3 nitrogen and oxygen atoms in total. The van der Waals surface area contributed by atoms with Crippen LogP contribution in [0.25, 0.3) is 12.2 Å². The van der Waals surface area contributed by atoms with Crippen molar-refractivity contribution in [1.29, 1.82) is 0 Å². The molecule has 0 fully saturated rings. The molecule has 0 unspecified atom stereocenters. The highest BCUT2D eigenvalue weighted by Gasteiger charge is 2.13. The quantitative estimate of drug-likeness (QED) is 0.682. The number of carbonyl (C=O) groups excluding carboxylic acids is 1. The van der Waals surface area contributed by atoms with E-state index in [1.54, 1.807) is 6.07 Å². The number of carbonyl (C=O) groups is 1. The largest absolute Gasteiger partial charge is 0.366 e. The van der Waals surface area contributed by atoms with Gasteiger partial charge in [-0.1, -0.05) is 36.4 Å². The van der Waals surface area contributed by atoms with Crippen molar-refractivity contribution in [1.82, 2.24) is 0 Å². The topological polar surface area (TPSA) is 55.1 Å². The van der Waals surface area contributed by atoms with Crippen molar-refractivity contribution in [2.75, 3.05) is 5.32 Å². The summed E-state index contributed by atoms with van der Waals surface area (Å²) in [6.07, 6.45) is 3.91. The van der Waals surface area contributed by atoms with Gasteiger partial charge in [0.15, 0.2) is 0 Å². The Morgan fingerprint density at radius 2 is 1.72 bits per heavy atom. The van der Waals surface area contributed by atoms with Gasteiger partial charge in [-0.2, -0.15) is 0 Å². The number of nitrogens with one attached hydrogen (secondary N) is 1. The number of amides is 1. The van der Waals surface area contributed by atoms with Gasteiger partial charge in [0.1, 0.15) is 0 Å². The first-order valence-corrected chi connectivity index (χ1v) is 5.72. The van der Waals surface area contributed by atoms with E-state index < -0.39 is 5.91 Å². The molecule has 0 aliphatic carbocycles. The molecule has 3 N–H and O–H groups in total. The van der Waals surface area contributed by atoms with Crippen LogP contribution in [-0.2, 0) is 0 Å². The van der Waals surface area contributed by atoms with Crippen LogP contribution in [0.2, 0.25) is 0 Å². The summed E-state index contributed by atoms with van der Waals surface area (Å²) >= 11 is 0. The molecule has 0 bridgehead atoms. The maximum Gasteiger partial charge on any atom is 0.249 e. The predicted octanol–water partition coefficient (Wildman–Crippen LogP) is 3.01. The molecule has 0 radical (unpaired) electrons. The number of hydrogen-bond acceptors (Lipinski definition) is 2. The molecule has 1 aliphatic rings. The summed E-state index contributed by atoms with van der Waals surface area (Å²) in [6.45, 7) is 0. The van der Waals surface area contributed by atoms with Crippen molar-refractivity contribution in [3.63, 3.8) is 0 Å². The number of anilines is 2. The van der Waals surface area contributed by atoms with E-state index in [2.05, 4.69) is 5.32 Å². The zero-order valence-corrected chi connectivity index (χ0v) is 9.68. The molecule has 0 aromatic heterocycles. The van der Waals surface area contributed by atoms with Gasteiger partial charge in [0.2, 0.25) is 5.91 Å². The van der Waals surface area contributed by atoms with Gasteiger partial charge in [0.25, 0.3) is 0 Å². The molecule has 1 heterocycles. The maximum absolute atomic E-state index is 11.4. The van der Waals surface area contributed by atoms with Crippen molar-refractivity contribution in [3.05, 3.63) is 59.2 Å². The van der Waals surface area contributed by atoms with Gasteiger partial charge in [-0.3, -0.25) is 4.79 Å². The van der Waals surface area contributed by atoms with Crippen LogP contribution in [-0.4, -0.2) is 5.91 Å². The molecule has 1 amide bonds. The molecule has 3 heteroatoms. The smallest absolute Gasteiger partial charge is 0.249 e. The number of para-hydroxylation sites is 1. The summed E-state index contributed by atoms with van der Waals surface area (Å²) < 4.78 is 0. The van der Waals surface area contributed by atoms with Gasteiger partial charge < -0.3 is 11.1 Å². The van der Waals surface area contributed by atoms with Gasteiger partial charge in [-0.15, -0.1) is 0 Å². The van der Waals surface area contributed by atoms with Crippen LogP contribution in [0.5, 0.6) is 0 Å². The van der Waals surface area contributed by atoms with Gasteiger partial charge in [-0.25, -0.2) is 0 Å². The molecule has 2 aromatic carbocycles. The SMILES string of the molecule is NC(=O)c1cccc2c1C=Cc1ccccc1N2. The average molecular weight is 236 g/mol. The third-order valence-corrected chi connectivity index (χ3v) is 3.03. The molecule has 0 saturated carbocycles. The van der Waals surface area contributed by atoms with Gasteiger partial charge >= 0.3 is 0 Å². The first-order valence-electron chi connectivity index (χ1n) is 5.72. The molecular weight excluding hydrogens is 224 g/mol. The van der Waals surface area contributed by atoms with Gasteiger partial charge in [0.05, 0.1) is 0 Å². The lowest BCUT2D eigenvalue weighted by Crippen LogP contribution is -2.13. The van der Waals surface area contributed by atoms with Crippen molar-refractivity contribution in [2.45, 2.75) is 0 Å². The van der Waals surface area contributed by atoms with E-state index in [9.17, 15) is 4.79 Å². The van der Waals surface area contributed by atoms with Gasteiger partial charge in [0, 0.05) is 22.5 Å². The second-order valence-corrected chi connectivity index (χ2v) is 4.18. The van der Waals surface area contributed by atoms with Crippen molar-refractivity contribution in [2.24, 2.45) is 5.73 Å². The highest BCUT2D eigenvalue weighted by Crippen LogP contribution is 2.31. The van der Waals surface area contributed by atoms with E-state index in [-0.39, 0.29) is 0 Å². The van der Waals surface area contributed by atoms with Crippen LogP contribution in [0.1, 0.15) is 21.5 Å². The lowest BCUT2D eigenvalue weighted by molar-refractivity contribution is 0.1000. The zero-order valence-electron chi connectivity index (χ0n) is 9.68. The Bertz CT molecular complexity index is 659. The van der Waals surface area contributed by atoms with Crippen molar-refractivity contribution < 1.29 is 4.79 Å². The number of rotatable bonds is 1. The molecule has 1 aliphatic heterocycles. The minimum Gasteiger partial charge on any atom is -0.366 e. The second kappa shape index (κ2) is 4.04. The number of fused-ring (bicyclic) bond motifs is 2. The van der Waals surface area contributed by atoms with E-state index in [0.29, 0.717) is 5.56 Å². The number of hydrogen-bond donors (Lipinski definition) is 2. The molecule has 88 valence electrons. The van der Waals surface area contributed by atoms with Gasteiger partial charge in [-0.05, 0) is 23.8 Å². The maximum atomic E-state index is 11.4. The predicted molar refractivity (Wildman–Crippen MR) is 73.6 cm³/mol. The third kappa shape index (κ3) is 1.66. The normalized spacial score (nSPS) is 12.0. The Morgan fingerprint density at radius 1 is 0.944 bits per heavy atom. The summed E-state index contributed by atoms with van der Waals surface area (Å²) in [4.78, 5) is 11.4. The molecule has 0 atom stereocenters. The molecular formula is C15H12N2O. The molecule has 2 aromatic rings. The van der Waals surface area contributed by atoms with E-state index in [0.717, 1.165) is 22.5 Å². The fourth-order valence-electron chi connectivity index (χ4n) is 2.14. The van der Waals surface area contributed by atoms with Crippen LogP contribution < -0.4 is 11.1 Å². The summed E-state index contributed by atoms with van der Waals surface area (Å²) in [6, 6.07) is 13.5. The Kier molecular flexibility index (Phi) is 2.38. The van der Waals surface area contributed by atoms with E-state index in [1.807, 2.05) is 48.6 Å². The minimum absolute atomic E-state index is 0.413. The fraction of sp³-hybridized carbons (Fsp3) is 0. The molecule has 0 saturated heterocycles. The van der Waals surface area contributed by atoms with Crippen molar-refractivity contribution in [3.8, 4) is 0 Å². The average Bonchev–Trinajstić information content (AvgIpc) is 2.56. The lowest BCUT2D eigenvalue weighted by Gasteiger charge is -2.11. The fourth-order valence-corrected chi connectivity index (χ4v) is 2.14. The van der Waals surface area contributed by atoms with E-state index in [1.165, 1.54) is 0 Å².